The van der Waals surface area contributed by atoms with Gasteiger partial charge in [-0.1, -0.05) is 0 Å². The molecule has 0 bridgehead atoms. The standard InChI is InChI=1S/C8H11N3O4S.ClH/c9-5-6-10-16(14,15)8-3-1-7(2-4-8)11(12)13;/h1-4,10H,5-6,9H2;1H. The lowest BCUT2D eigenvalue weighted by Crippen LogP contribution is -2.29. The van der Waals surface area contributed by atoms with Crippen LogP contribution in [0.15, 0.2) is 29.2 Å². The second kappa shape index (κ2) is 6.50. The van der Waals surface area contributed by atoms with E-state index in [9.17, 15) is 18.5 Å². The fourth-order valence-corrected chi connectivity index (χ4v) is 2.07. The van der Waals surface area contributed by atoms with E-state index in [1.165, 1.54) is 12.1 Å². The number of hydrogen-bond donors (Lipinski definition) is 2. The predicted molar refractivity (Wildman–Crippen MR) is 64.6 cm³/mol. The highest BCUT2D eigenvalue weighted by molar-refractivity contribution is 7.89. The van der Waals surface area contributed by atoms with Gasteiger partial charge in [0.2, 0.25) is 10.0 Å². The summed E-state index contributed by atoms with van der Waals surface area (Å²) in [4.78, 5) is 9.74. The second-order valence-electron chi connectivity index (χ2n) is 2.94. The molecule has 0 amide bonds. The monoisotopic (exact) mass is 281 g/mol. The molecule has 1 rings (SSSR count). The van der Waals surface area contributed by atoms with Crippen molar-refractivity contribution in [3.63, 3.8) is 0 Å². The Hall–Kier alpha value is -1.22. The molecule has 0 radical (unpaired) electrons. The Kier molecular flexibility index (Phi) is 6.03. The predicted octanol–water partition coefficient (Wildman–Crippen LogP) is 0.254. The van der Waals surface area contributed by atoms with Crippen LogP contribution in [-0.4, -0.2) is 26.4 Å². The highest BCUT2D eigenvalue weighted by Gasteiger charge is 2.14. The van der Waals surface area contributed by atoms with Crippen molar-refractivity contribution in [1.82, 2.24) is 4.72 Å². The third-order valence-corrected chi connectivity index (χ3v) is 3.27. The second-order valence-corrected chi connectivity index (χ2v) is 4.70. The number of halogens is 1. The maximum atomic E-state index is 11.5. The largest absolute Gasteiger partial charge is 0.329 e. The van der Waals surface area contributed by atoms with E-state index in [1.54, 1.807) is 0 Å². The molecule has 1 aromatic carbocycles. The summed E-state index contributed by atoms with van der Waals surface area (Å²) in [6.45, 7) is 0.311. The first-order valence-electron chi connectivity index (χ1n) is 4.41. The highest BCUT2D eigenvalue weighted by atomic mass is 35.5. The minimum atomic E-state index is -3.62. The number of non-ortho nitro benzene ring substituents is 1. The minimum absolute atomic E-state index is 0. The van der Waals surface area contributed by atoms with Gasteiger partial charge in [0.05, 0.1) is 9.82 Å². The molecule has 0 aliphatic rings. The lowest BCUT2D eigenvalue weighted by Gasteiger charge is -2.04. The normalized spacial score (nSPS) is 10.6. The fourth-order valence-electron chi connectivity index (χ4n) is 1.02. The molecular weight excluding hydrogens is 270 g/mol. The summed E-state index contributed by atoms with van der Waals surface area (Å²) < 4.78 is 25.3. The quantitative estimate of drug-likeness (QED) is 0.593. The number of sulfonamides is 1. The molecule has 0 heterocycles. The number of nitro groups is 1. The van der Waals surface area contributed by atoms with Crippen molar-refractivity contribution in [3.8, 4) is 0 Å². The molecule has 0 unspecified atom stereocenters. The molecule has 9 heteroatoms. The summed E-state index contributed by atoms with van der Waals surface area (Å²) in [5.41, 5.74) is 5.01. The van der Waals surface area contributed by atoms with E-state index in [0.29, 0.717) is 0 Å². The zero-order valence-corrected chi connectivity index (χ0v) is 10.3. The summed E-state index contributed by atoms with van der Waals surface area (Å²) in [5, 5.41) is 10.4. The number of nitrogens with one attached hydrogen (secondary N) is 1. The van der Waals surface area contributed by atoms with Gasteiger partial charge in [0, 0.05) is 25.2 Å². The van der Waals surface area contributed by atoms with Crippen LogP contribution < -0.4 is 10.5 Å². The van der Waals surface area contributed by atoms with Gasteiger partial charge < -0.3 is 5.73 Å². The first-order chi connectivity index (χ1) is 7.47. The van der Waals surface area contributed by atoms with Crippen LogP contribution in [0.25, 0.3) is 0 Å². The van der Waals surface area contributed by atoms with Gasteiger partial charge in [-0.2, -0.15) is 0 Å². The van der Waals surface area contributed by atoms with Crippen molar-refractivity contribution in [2.75, 3.05) is 13.1 Å². The third kappa shape index (κ3) is 4.27. The molecule has 1 aromatic rings. The summed E-state index contributed by atoms with van der Waals surface area (Å²) >= 11 is 0. The number of rotatable bonds is 5. The lowest BCUT2D eigenvalue weighted by atomic mass is 10.3. The number of hydrogen-bond acceptors (Lipinski definition) is 5. The van der Waals surface area contributed by atoms with E-state index < -0.39 is 14.9 Å². The highest BCUT2D eigenvalue weighted by Crippen LogP contribution is 2.15. The molecule has 3 N–H and O–H groups in total. The first kappa shape index (κ1) is 15.8. The Morgan fingerprint density at radius 1 is 1.29 bits per heavy atom. The molecule has 0 saturated carbocycles. The number of benzene rings is 1. The van der Waals surface area contributed by atoms with E-state index in [2.05, 4.69) is 4.72 Å². The third-order valence-electron chi connectivity index (χ3n) is 1.79. The maximum Gasteiger partial charge on any atom is 0.269 e. The molecule has 0 aliphatic heterocycles. The molecule has 0 saturated heterocycles. The van der Waals surface area contributed by atoms with Crippen molar-refractivity contribution in [3.05, 3.63) is 34.4 Å². The lowest BCUT2D eigenvalue weighted by molar-refractivity contribution is -0.384. The van der Waals surface area contributed by atoms with Gasteiger partial charge in [0.1, 0.15) is 0 Å². The van der Waals surface area contributed by atoms with Gasteiger partial charge >= 0.3 is 0 Å². The van der Waals surface area contributed by atoms with Crippen molar-refractivity contribution < 1.29 is 13.3 Å². The maximum absolute atomic E-state index is 11.5. The molecule has 7 nitrogen and oxygen atoms in total. The fraction of sp³-hybridized carbons (Fsp3) is 0.250. The Morgan fingerprint density at radius 2 is 1.82 bits per heavy atom. The van der Waals surface area contributed by atoms with Crippen molar-refractivity contribution in [2.24, 2.45) is 5.73 Å². The van der Waals surface area contributed by atoms with Crippen LogP contribution in [0.3, 0.4) is 0 Å². The molecule has 0 atom stereocenters. The van der Waals surface area contributed by atoms with E-state index in [1.807, 2.05) is 0 Å². The molecule has 0 fully saturated rings. The van der Waals surface area contributed by atoms with Crippen LogP contribution in [0, 0.1) is 10.1 Å². The minimum Gasteiger partial charge on any atom is -0.329 e. The van der Waals surface area contributed by atoms with Crippen LogP contribution >= 0.6 is 12.4 Å². The average Bonchev–Trinajstić information content (AvgIpc) is 2.26. The van der Waals surface area contributed by atoms with E-state index >= 15 is 0 Å². The van der Waals surface area contributed by atoms with Crippen molar-refractivity contribution >= 4 is 28.1 Å². The van der Waals surface area contributed by atoms with E-state index in [-0.39, 0.29) is 36.1 Å². The van der Waals surface area contributed by atoms with Gasteiger partial charge in [0.25, 0.3) is 5.69 Å². The molecule has 0 aliphatic carbocycles. The number of nitro benzene ring substituents is 1. The molecular formula is C8H12ClN3O4S. The molecule has 96 valence electrons. The van der Waals surface area contributed by atoms with Crippen LogP contribution in [0.2, 0.25) is 0 Å². The van der Waals surface area contributed by atoms with Crippen LogP contribution in [0.5, 0.6) is 0 Å². The SMILES string of the molecule is Cl.NCCNS(=O)(=O)c1ccc([N+](=O)[O-])cc1. The zero-order chi connectivity index (χ0) is 12.2. The summed E-state index contributed by atoms with van der Waals surface area (Å²) in [6.07, 6.45) is 0. The topological polar surface area (TPSA) is 115 Å². The van der Waals surface area contributed by atoms with Gasteiger partial charge in [-0.3, -0.25) is 10.1 Å². The Labute approximate surface area is 105 Å². The Balaban J connectivity index is 0.00000256. The molecule has 0 aromatic heterocycles. The van der Waals surface area contributed by atoms with Crippen LogP contribution in [0.4, 0.5) is 5.69 Å². The van der Waals surface area contributed by atoms with Crippen LogP contribution in [0.1, 0.15) is 0 Å². The van der Waals surface area contributed by atoms with Crippen molar-refractivity contribution in [2.45, 2.75) is 4.90 Å². The summed E-state index contributed by atoms with van der Waals surface area (Å²) in [7, 11) is -3.62. The van der Waals surface area contributed by atoms with Crippen LogP contribution in [-0.2, 0) is 10.0 Å². The average molecular weight is 282 g/mol. The van der Waals surface area contributed by atoms with Crippen molar-refractivity contribution in [1.29, 1.82) is 0 Å². The molecule has 17 heavy (non-hydrogen) atoms. The smallest absolute Gasteiger partial charge is 0.269 e. The Morgan fingerprint density at radius 3 is 2.24 bits per heavy atom. The van der Waals surface area contributed by atoms with E-state index in [0.717, 1.165) is 12.1 Å². The summed E-state index contributed by atoms with van der Waals surface area (Å²) in [5.74, 6) is 0. The zero-order valence-electron chi connectivity index (χ0n) is 8.70. The first-order valence-corrected chi connectivity index (χ1v) is 5.90. The molecule has 0 spiro atoms. The van der Waals surface area contributed by atoms with Gasteiger partial charge in [-0.05, 0) is 12.1 Å². The van der Waals surface area contributed by atoms with E-state index in [4.69, 9.17) is 5.73 Å². The number of nitrogens with two attached hydrogens (primary N) is 1. The van der Waals surface area contributed by atoms with Gasteiger partial charge in [-0.15, -0.1) is 12.4 Å². The Bertz CT molecular complexity index is 474. The van der Waals surface area contributed by atoms with Gasteiger partial charge in [0.15, 0.2) is 0 Å². The summed E-state index contributed by atoms with van der Waals surface area (Å²) in [6, 6.07) is 4.63. The number of nitrogens with zero attached hydrogens (tertiary/aromatic N) is 1. The van der Waals surface area contributed by atoms with Gasteiger partial charge in [-0.25, -0.2) is 13.1 Å².